The van der Waals surface area contributed by atoms with E-state index in [2.05, 4.69) is 0 Å². The molecule has 0 amide bonds. The van der Waals surface area contributed by atoms with Gasteiger partial charge in [-0.3, -0.25) is 4.79 Å². The van der Waals surface area contributed by atoms with Crippen molar-refractivity contribution in [1.82, 2.24) is 0 Å². The van der Waals surface area contributed by atoms with Gasteiger partial charge in [0.15, 0.2) is 0 Å². The fourth-order valence-electron chi connectivity index (χ4n) is 1.71. The van der Waals surface area contributed by atoms with Gasteiger partial charge < -0.3 is 5.73 Å². The van der Waals surface area contributed by atoms with Crippen molar-refractivity contribution in [2.24, 2.45) is 5.73 Å². The molecular weight excluding hydrogens is 230 g/mol. The number of hydrogen-bond acceptors (Lipinski definition) is 3. The van der Waals surface area contributed by atoms with E-state index in [4.69, 9.17) is 17.3 Å². The van der Waals surface area contributed by atoms with Crippen molar-refractivity contribution in [3.63, 3.8) is 0 Å². The van der Waals surface area contributed by atoms with Crippen molar-refractivity contribution in [1.29, 1.82) is 0 Å². The van der Waals surface area contributed by atoms with Crippen molar-refractivity contribution >= 4 is 29.1 Å². The minimum absolute atomic E-state index is 0.0816. The molecule has 1 fully saturated rings. The molecule has 0 radical (unpaired) electrons. The lowest BCUT2D eigenvalue weighted by Crippen LogP contribution is -2.47. The molecule has 15 heavy (non-hydrogen) atoms. The van der Waals surface area contributed by atoms with Crippen molar-refractivity contribution in [2.75, 3.05) is 6.54 Å². The summed E-state index contributed by atoms with van der Waals surface area (Å²) in [5.74, 6) is 0.301. The van der Waals surface area contributed by atoms with Gasteiger partial charge in [0.25, 0.3) is 0 Å². The Labute approximate surface area is 98.2 Å². The van der Waals surface area contributed by atoms with Crippen LogP contribution in [0.15, 0.2) is 29.2 Å². The zero-order valence-electron chi connectivity index (χ0n) is 8.20. The van der Waals surface area contributed by atoms with E-state index in [0.717, 1.165) is 9.92 Å². The number of carbonyl (C=O) groups excluding carboxylic acids is 1. The van der Waals surface area contributed by atoms with Crippen LogP contribution >= 0.6 is 23.4 Å². The first-order chi connectivity index (χ1) is 7.13. The summed E-state index contributed by atoms with van der Waals surface area (Å²) in [6.45, 7) is 0.538. The third kappa shape index (κ3) is 2.36. The monoisotopic (exact) mass is 241 g/mol. The van der Waals surface area contributed by atoms with E-state index in [1.807, 2.05) is 24.3 Å². The zero-order valence-corrected chi connectivity index (χ0v) is 9.77. The second-order valence-corrected chi connectivity index (χ2v) is 5.82. The lowest BCUT2D eigenvalue weighted by molar-refractivity contribution is -0.125. The van der Waals surface area contributed by atoms with Crippen LogP contribution in [0.4, 0.5) is 0 Å². The van der Waals surface area contributed by atoms with Crippen LogP contribution in [-0.2, 0) is 4.79 Å². The summed E-state index contributed by atoms with van der Waals surface area (Å²) in [5.41, 5.74) is 5.71. The van der Waals surface area contributed by atoms with Gasteiger partial charge in [-0.15, -0.1) is 11.8 Å². The number of nitrogens with two attached hydrogens (primary N) is 1. The quantitative estimate of drug-likeness (QED) is 0.884. The smallest absolute Gasteiger partial charge is 0.135 e. The summed E-state index contributed by atoms with van der Waals surface area (Å²) in [7, 11) is 0. The number of rotatable bonds is 3. The molecule has 1 aromatic carbocycles. The first-order valence-electron chi connectivity index (χ1n) is 4.80. The Morgan fingerprint density at radius 1 is 1.47 bits per heavy atom. The molecule has 2 rings (SSSR count). The average molecular weight is 242 g/mol. The van der Waals surface area contributed by atoms with Gasteiger partial charge in [0.2, 0.25) is 0 Å². The Morgan fingerprint density at radius 3 is 2.73 bits per heavy atom. The van der Waals surface area contributed by atoms with Gasteiger partial charge in [0, 0.05) is 34.1 Å². The summed E-state index contributed by atoms with van der Waals surface area (Å²) in [6, 6.07) is 7.66. The van der Waals surface area contributed by atoms with Crippen LogP contribution in [0.5, 0.6) is 0 Å². The maximum absolute atomic E-state index is 11.0. The van der Waals surface area contributed by atoms with E-state index in [1.54, 1.807) is 11.8 Å². The summed E-state index contributed by atoms with van der Waals surface area (Å²) in [6.07, 6.45) is 1.17. The van der Waals surface area contributed by atoms with Crippen LogP contribution in [0.3, 0.4) is 0 Å². The van der Waals surface area contributed by atoms with Crippen LogP contribution in [-0.4, -0.2) is 17.1 Å². The summed E-state index contributed by atoms with van der Waals surface area (Å²) < 4.78 is -0.0816. The molecule has 80 valence electrons. The molecule has 0 aliphatic heterocycles. The Kier molecular flexibility index (Phi) is 3.05. The highest BCUT2D eigenvalue weighted by Gasteiger charge is 2.43. The molecule has 2 N–H and O–H groups in total. The molecular formula is C11H12ClNOS. The largest absolute Gasteiger partial charge is 0.329 e. The first kappa shape index (κ1) is 11.0. The lowest BCUT2D eigenvalue weighted by atomic mass is 9.83. The maximum atomic E-state index is 11.0. The van der Waals surface area contributed by atoms with Crippen LogP contribution in [0.1, 0.15) is 12.8 Å². The fraction of sp³-hybridized carbons (Fsp3) is 0.364. The number of halogens is 1. The highest BCUT2D eigenvalue weighted by molar-refractivity contribution is 8.00. The fourth-order valence-corrected chi connectivity index (χ4v) is 3.34. The van der Waals surface area contributed by atoms with E-state index in [1.165, 1.54) is 0 Å². The summed E-state index contributed by atoms with van der Waals surface area (Å²) in [4.78, 5) is 12.1. The molecule has 0 bridgehead atoms. The minimum atomic E-state index is -0.0816. The third-order valence-corrected chi connectivity index (χ3v) is 4.15. The molecule has 0 aromatic heterocycles. The lowest BCUT2D eigenvalue weighted by Gasteiger charge is -2.38. The van der Waals surface area contributed by atoms with Crippen LogP contribution < -0.4 is 5.73 Å². The normalized spacial score (nSPS) is 18.7. The van der Waals surface area contributed by atoms with Crippen LogP contribution in [0.25, 0.3) is 0 Å². The molecule has 0 saturated heterocycles. The molecule has 0 unspecified atom stereocenters. The first-order valence-corrected chi connectivity index (χ1v) is 5.99. The molecule has 1 aliphatic rings. The van der Waals surface area contributed by atoms with Gasteiger partial charge in [-0.2, -0.15) is 0 Å². The predicted molar refractivity (Wildman–Crippen MR) is 63.3 cm³/mol. The van der Waals surface area contributed by atoms with Crippen LogP contribution in [0, 0.1) is 0 Å². The second-order valence-electron chi connectivity index (χ2n) is 3.84. The Bertz CT molecular complexity index is 386. The van der Waals surface area contributed by atoms with E-state index in [0.29, 0.717) is 25.2 Å². The van der Waals surface area contributed by atoms with E-state index in [-0.39, 0.29) is 4.75 Å². The van der Waals surface area contributed by atoms with Crippen molar-refractivity contribution in [3.05, 3.63) is 29.3 Å². The number of ketones is 1. The summed E-state index contributed by atoms with van der Waals surface area (Å²) in [5, 5.41) is 0.720. The maximum Gasteiger partial charge on any atom is 0.135 e. The Balaban J connectivity index is 2.11. The van der Waals surface area contributed by atoms with Gasteiger partial charge in [-0.05, 0) is 18.2 Å². The second kappa shape index (κ2) is 4.16. The minimum Gasteiger partial charge on any atom is -0.329 e. The average Bonchev–Trinajstić information content (AvgIpc) is 2.15. The number of thioether (sulfide) groups is 1. The van der Waals surface area contributed by atoms with Gasteiger partial charge in [0.1, 0.15) is 5.78 Å². The molecule has 0 spiro atoms. The Hall–Kier alpha value is -0.510. The zero-order chi connectivity index (χ0) is 10.9. The van der Waals surface area contributed by atoms with Gasteiger partial charge >= 0.3 is 0 Å². The molecule has 0 atom stereocenters. The van der Waals surface area contributed by atoms with Crippen molar-refractivity contribution in [2.45, 2.75) is 22.5 Å². The van der Waals surface area contributed by atoms with Gasteiger partial charge in [0.05, 0.1) is 0 Å². The highest BCUT2D eigenvalue weighted by Crippen LogP contribution is 2.45. The third-order valence-electron chi connectivity index (χ3n) is 2.54. The SMILES string of the molecule is NCC1(Sc2cccc(Cl)c2)CC(=O)C1. The molecule has 1 saturated carbocycles. The highest BCUT2D eigenvalue weighted by atomic mass is 35.5. The standard InChI is InChI=1S/C11H12ClNOS/c12-8-2-1-3-10(4-8)15-11(7-13)5-9(14)6-11/h1-4H,5-7,13H2. The molecule has 1 aliphatic carbocycles. The molecule has 0 heterocycles. The van der Waals surface area contributed by atoms with E-state index < -0.39 is 0 Å². The molecule has 1 aromatic rings. The number of hydrogen-bond donors (Lipinski definition) is 1. The predicted octanol–water partition coefficient (Wildman–Crippen LogP) is 2.49. The van der Waals surface area contributed by atoms with Crippen molar-refractivity contribution < 1.29 is 4.79 Å². The molecule has 4 heteroatoms. The number of carbonyl (C=O) groups is 1. The Morgan fingerprint density at radius 2 is 2.20 bits per heavy atom. The van der Waals surface area contributed by atoms with E-state index in [9.17, 15) is 4.79 Å². The van der Waals surface area contributed by atoms with E-state index >= 15 is 0 Å². The topological polar surface area (TPSA) is 43.1 Å². The summed E-state index contributed by atoms with van der Waals surface area (Å²) >= 11 is 7.56. The number of benzene rings is 1. The van der Waals surface area contributed by atoms with Gasteiger partial charge in [-0.1, -0.05) is 17.7 Å². The van der Waals surface area contributed by atoms with Gasteiger partial charge in [-0.25, -0.2) is 0 Å². The number of Topliss-reactive ketones (excluding diaryl/α,β-unsaturated/α-hetero) is 1. The van der Waals surface area contributed by atoms with Crippen LogP contribution in [0.2, 0.25) is 5.02 Å². The van der Waals surface area contributed by atoms with Crippen molar-refractivity contribution in [3.8, 4) is 0 Å². The molecule has 2 nitrogen and oxygen atoms in total.